The molecule has 0 N–H and O–H groups in total. The van der Waals surface area contributed by atoms with E-state index in [1.54, 1.807) is 0 Å². The van der Waals surface area contributed by atoms with Crippen molar-refractivity contribution < 1.29 is 14.3 Å². The van der Waals surface area contributed by atoms with Crippen LogP contribution in [0.25, 0.3) is 0 Å². The normalized spacial score (nSPS) is 20.2. The lowest BCUT2D eigenvalue weighted by Crippen LogP contribution is -2.23. The van der Waals surface area contributed by atoms with Crippen LogP contribution >= 0.6 is 0 Å². The van der Waals surface area contributed by atoms with E-state index in [0.29, 0.717) is 6.42 Å². The highest BCUT2D eigenvalue weighted by atomic mass is 16.5. The summed E-state index contributed by atoms with van der Waals surface area (Å²) in [4.78, 5) is 23.7. The smallest absolute Gasteiger partial charge is 0.316 e. The molecule has 3 heteroatoms. The maximum absolute atomic E-state index is 11.9. The highest BCUT2D eigenvalue weighted by Crippen LogP contribution is 2.49. The Morgan fingerprint density at radius 1 is 1.28 bits per heavy atom. The molecule has 1 saturated carbocycles. The number of methoxy groups -OCH3 is 1. The van der Waals surface area contributed by atoms with E-state index in [9.17, 15) is 9.59 Å². The number of hydrogen-bond acceptors (Lipinski definition) is 3. The van der Waals surface area contributed by atoms with Gasteiger partial charge in [0.05, 0.1) is 12.5 Å². The van der Waals surface area contributed by atoms with E-state index in [2.05, 4.69) is 0 Å². The van der Waals surface area contributed by atoms with Crippen LogP contribution in [0.5, 0.6) is 0 Å². The van der Waals surface area contributed by atoms with Crippen molar-refractivity contribution in [3.05, 3.63) is 34.9 Å². The maximum atomic E-state index is 11.9. The Morgan fingerprint density at radius 3 is 2.72 bits per heavy atom. The van der Waals surface area contributed by atoms with Gasteiger partial charge in [0, 0.05) is 12.0 Å². The molecule has 0 atom stereocenters. The number of hydrogen-bond donors (Lipinski definition) is 0. The number of carbonyl (C=O) groups excluding carboxylic acids is 2. The van der Waals surface area contributed by atoms with Gasteiger partial charge in [0.15, 0.2) is 5.78 Å². The van der Waals surface area contributed by atoms with Crippen LogP contribution in [0.2, 0.25) is 0 Å². The lowest BCUT2D eigenvalue weighted by molar-refractivity contribution is -0.143. The second-order valence-corrected chi connectivity index (χ2v) is 5.22. The van der Waals surface area contributed by atoms with Crippen LogP contribution in [0.15, 0.2) is 18.2 Å². The number of benzene rings is 1. The number of aryl methyl sites for hydroxylation is 1. The average molecular weight is 244 g/mol. The van der Waals surface area contributed by atoms with Crippen molar-refractivity contribution in [3.8, 4) is 0 Å². The van der Waals surface area contributed by atoms with E-state index < -0.39 is 5.41 Å². The van der Waals surface area contributed by atoms with E-state index in [4.69, 9.17) is 4.74 Å². The lowest BCUT2D eigenvalue weighted by atomic mass is 9.86. The number of carbonyl (C=O) groups is 2. The maximum Gasteiger partial charge on any atom is 0.316 e. The molecular formula is C15H16O3. The molecule has 94 valence electrons. The molecule has 3 nitrogen and oxygen atoms in total. The summed E-state index contributed by atoms with van der Waals surface area (Å²) in [5, 5.41) is 0. The van der Waals surface area contributed by atoms with Crippen LogP contribution in [0.4, 0.5) is 0 Å². The molecular weight excluding hydrogens is 228 g/mol. The minimum atomic E-state index is -0.471. The fraction of sp³-hybridized carbons (Fsp3) is 0.467. The Balaban J connectivity index is 2.02. The largest absolute Gasteiger partial charge is 0.468 e. The van der Waals surface area contributed by atoms with Gasteiger partial charge < -0.3 is 4.74 Å². The molecule has 1 aromatic rings. The molecule has 0 aliphatic heterocycles. The molecule has 0 radical (unpaired) electrons. The van der Waals surface area contributed by atoms with Gasteiger partial charge in [0.25, 0.3) is 0 Å². The van der Waals surface area contributed by atoms with Crippen LogP contribution in [-0.4, -0.2) is 18.9 Å². The number of Topliss-reactive ketones (excluding diaryl/α,β-unsaturated/α-hetero) is 1. The van der Waals surface area contributed by atoms with E-state index in [1.165, 1.54) is 7.11 Å². The molecule has 0 heterocycles. The number of ether oxygens (including phenoxy) is 1. The summed E-state index contributed by atoms with van der Waals surface area (Å²) in [7, 11) is 1.42. The summed E-state index contributed by atoms with van der Waals surface area (Å²) >= 11 is 0. The van der Waals surface area contributed by atoms with E-state index >= 15 is 0 Å². The summed E-state index contributed by atoms with van der Waals surface area (Å²) in [6.45, 7) is 0. The average Bonchev–Trinajstić information content (AvgIpc) is 3.19. The van der Waals surface area contributed by atoms with Crippen molar-refractivity contribution >= 4 is 11.8 Å². The SMILES string of the molecule is COC(=O)C1(c2ccc3c(c2)C(=O)CCC3)CC1. The first-order valence-electron chi connectivity index (χ1n) is 6.42. The standard InChI is InChI=1S/C15H16O3/c1-18-14(17)15(7-8-15)11-6-5-10-3-2-4-13(16)12(10)9-11/h5-6,9H,2-4,7-8H2,1H3. The van der Waals surface area contributed by atoms with Gasteiger partial charge in [-0.3, -0.25) is 9.59 Å². The Bertz CT molecular complexity index is 527. The highest BCUT2D eigenvalue weighted by Gasteiger charge is 2.52. The van der Waals surface area contributed by atoms with Gasteiger partial charge in [-0.1, -0.05) is 12.1 Å². The monoisotopic (exact) mass is 244 g/mol. The molecule has 0 bridgehead atoms. The van der Waals surface area contributed by atoms with Gasteiger partial charge in [0.1, 0.15) is 0 Å². The number of rotatable bonds is 2. The first kappa shape index (κ1) is 11.5. The van der Waals surface area contributed by atoms with Gasteiger partial charge in [-0.05, 0) is 42.9 Å². The quantitative estimate of drug-likeness (QED) is 0.750. The molecule has 1 aromatic carbocycles. The Kier molecular flexibility index (Phi) is 2.51. The molecule has 0 unspecified atom stereocenters. The van der Waals surface area contributed by atoms with Gasteiger partial charge in [-0.2, -0.15) is 0 Å². The Hall–Kier alpha value is -1.64. The third kappa shape index (κ3) is 1.57. The fourth-order valence-electron chi connectivity index (χ4n) is 2.86. The van der Waals surface area contributed by atoms with Crippen LogP contribution in [-0.2, 0) is 21.4 Å². The molecule has 0 spiro atoms. The zero-order chi connectivity index (χ0) is 12.8. The van der Waals surface area contributed by atoms with Crippen molar-refractivity contribution in [1.29, 1.82) is 0 Å². The van der Waals surface area contributed by atoms with E-state index in [1.807, 2.05) is 18.2 Å². The highest BCUT2D eigenvalue weighted by molar-refractivity contribution is 5.99. The Morgan fingerprint density at radius 2 is 2.06 bits per heavy atom. The van der Waals surface area contributed by atoms with E-state index in [0.717, 1.165) is 42.4 Å². The Labute approximate surface area is 106 Å². The van der Waals surface area contributed by atoms with Crippen LogP contribution in [0, 0.1) is 0 Å². The minimum Gasteiger partial charge on any atom is -0.468 e. The third-order valence-electron chi connectivity index (χ3n) is 4.14. The molecule has 0 saturated heterocycles. The second-order valence-electron chi connectivity index (χ2n) is 5.22. The number of fused-ring (bicyclic) bond motifs is 1. The summed E-state index contributed by atoms with van der Waals surface area (Å²) in [5.74, 6) is 0.0319. The molecule has 2 aliphatic rings. The number of esters is 1. The predicted molar refractivity (Wildman–Crippen MR) is 66.6 cm³/mol. The molecule has 0 amide bonds. The summed E-state index contributed by atoms with van der Waals surface area (Å²) in [6.07, 6.45) is 4.18. The van der Waals surface area contributed by atoms with Crippen molar-refractivity contribution in [1.82, 2.24) is 0 Å². The summed E-state index contributed by atoms with van der Waals surface area (Å²) in [6, 6.07) is 5.91. The third-order valence-corrected chi connectivity index (χ3v) is 4.14. The van der Waals surface area contributed by atoms with Gasteiger partial charge in [0.2, 0.25) is 0 Å². The van der Waals surface area contributed by atoms with Gasteiger partial charge in [-0.25, -0.2) is 0 Å². The van der Waals surface area contributed by atoms with Gasteiger partial charge in [-0.15, -0.1) is 0 Å². The second kappa shape index (κ2) is 3.94. The first-order chi connectivity index (χ1) is 8.67. The lowest BCUT2D eigenvalue weighted by Gasteiger charge is -2.19. The summed E-state index contributed by atoms with van der Waals surface area (Å²) in [5.41, 5.74) is 2.41. The van der Waals surface area contributed by atoms with Crippen molar-refractivity contribution in [2.24, 2.45) is 0 Å². The fourth-order valence-corrected chi connectivity index (χ4v) is 2.86. The van der Waals surface area contributed by atoms with Crippen molar-refractivity contribution in [3.63, 3.8) is 0 Å². The van der Waals surface area contributed by atoms with Crippen LogP contribution in [0.1, 0.15) is 47.2 Å². The predicted octanol–water partition coefficient (Wildman–Crippen LogP) is 2.41. The molecule has 18 heavy (non-hydrogen) atoms. The molecule has 1 fully saturated rings. The zero-order valence-corrected chi connectivity index (χ0v) is 10.5. The van der Waals surface area contributed by atoms with Crippen molar-refractivity contribution in [2.75, 3.05) is 7.11 Å². The summed E-state index contributed by atoms with van der Waals surface area (Å²) < 4.78 is 4.88. The number of ketones is 1. The minimum absolute atomic E-state index is 0.175. The molecule has 0 aromatic heterocycles. The van der Waals surface area contributed by atoms with E-state index in [-0.39, 0.29) is 11.8 Å². The first-order valence-corrected chi connectivity index (χ1v) is 6.42. The van der Waals surface area contributed by atoms with Crippen LogP contribution in [0.3, 0.4) is 0 Å². The van der Waals surface area contributed by atoms with Crippen LogP contribution < -0.4 is 0 Å². The topological polar surface area (TPSA) is 43.4 Å². The zero-order valence-electron chi connectivity index (χ0n) is 10.5. The molecule has 2 aliphatic carbocycles. The van der Waals surface area contributed by atoms with Gasteiger partial charge >= 0.3 is 5.97 Å². The van der Waals surface area contributed by atoms with Crippen molar-refractivity contribution in [2.45, 2.75) is 37.5 Å². The molecule has 3 rings (SSSR count).